The molecule has 18 heavy (non-hydrogen) atoms. The average Bonchev–Trinajstić information content (AvgIpc) is 2.91. The van der Waals surface area contributed by atoms with Crippen molar-refractivity contribution in [1.82, 2.24) is 4.98 Å². The van der Waals surface area contributed by atoms with Gasteiger partial charge in [-0.15, -0.1) is 11.3 Å². The van der Waals surface area contributed by atoms with Gasteiger partial charge in [-0.25, -0.2) is 4.98 Å². The van der Waals surface area contributed by atoms with E-state index < -0.39 is 0 Å². The number of pyridine rings is 1. The molecule has 3 N–H and O–H groups in total. The molecule has 2 aromatic heterocycles. The summed E-state index contributed by atoms with van der Waals surface area (Å²) in [6.07, 6.45) is 1.60. The Hall–Kier alpha value is -2.16. The summed E-state index contributed by atoms with van der Waals surface area (Å²) in [5.41, 5.74) is 6.08. The molecule has 2 rings (SSSR count). The lowest BCUT2D eigenvalue weighted by molar-refractivity contribution is 0.103. The van der Waals surface area contributed by atoms with Gasteiger partial charge in [0.15, 0.2) is 0 Å². The molecule has 0 aliphatic rings. The monoisotopic (exact) mass is 257 g/mol. The molecule has 4 nitrogen and oxygen atoms in total. The lowest BCUT2D eigenvalue weighted by Crippen LogP contribution is -2.11. The first-order chi connectivity index (χ1) is 8.79. The number of carbonyl (C=O) groups is 1. The molecule has 2 aromatic rings. The fourth-order valence-corrected chi connectivity index (χ4v) is 1.93. The van der Waals surface area contributed by atoms with Gasteiger partial charge in [0.05, 0.1) is 11.4 Å². The van der Waals surface area contributed by atoms with Crippen molar-refractivity contribution in [2.24, 2.45) is 5.73 Å². The van der Waals surface area contributed by atoms with E-state index in [1.54, 1.807) is 24.4 Å². The van der Waals surface area contributed by atoms with E-state index in [1.165, 1.54) is 11.3 Å². The Kier molecular flexibility index (Phi) is 4.07. The first-order valence-electron chi connectivity index (χ1n) is 5.29. The van der Waals surface area contributed by atoms with Crippen LogP contribution >= 0.6 is 11.3 Å². The Morgan fingerprint density at radius 3 is 3.11 bits per heavy atom. The van der Waals surface area contributed by atoms with Crippen LogP contribution in [0.15, 0.2) is 35.8 Å². The fraction of sp³-hybridized carbons (Fsp3) is 0.0769. The number of nitrogens with zero attached hydrogens (tertiary/aromatic N) is 1. The van der Waals surface area contributed by atoms with Crippen LogP contribution in [0.25, 0.3) is 0 Å². The van der Waals surface area contributed by atoms with Crippen molar-refractivity contribution in [2.75, 3.05) is 11.9 Å². The highest BCUT2D eigenvalue weighted by Crippen LogP contribution is 2.12. The quantitative estimate of drug-likeness (QED) is 0.805. The SMILES string of the molecule is NCC#Cc1ccnc(NC(=O)c2cccs2)c1. The molecule has 0 aromatic carbocycles. The predicted molar refractivity (Wildman–Crippen MR) is 72.4 cm³/mol. The van der Waals surface area contributed by atoms with Crippen LogP contribution in [0.5, 0.6) is 0 Å². The minimum atomic E-state index is -0.165. The van der Waals surface area contributed by atoms with Crippen molar-refractivity contribution in [3.05, 3.63) is 46.3 Å². The van der Waals surface area contributed by atoms with Crippen molar-refractivity contribution in [3.63, 3.8) is 0 Å². The van der Waals surface area contributed by atoms with Gasteiger partial charge in [0.2, 0.25) is 0 Å². The van der Waals surface area contributed by atoms with E-state index >= 15 is 0 Å². The number of aromatic nitrogens is 1. The molecule has 0 saturated carbocycles. The molecule has 0 saturated heterocycles. The van der Waals surface area contributed by atoms with E-state index in [4.69, 9.17) is 5.73 Å². The second-order valence-corrected chi connectivity index (χ2v) is 4.31. The minimum Gasteiger partial charge on any atom is -0.320 e. The van der Waals surface area contributed by atoms with Crippen LogP contribution in [0.1, 0.15) is 15.2 Å². The van der Waals surface area contributed by atoms with Crippen LogP contribution in [0.2, 0.25) is 0 Å². The zero-order valence-electron chi connectivity index (χ0n) is 9.51. The molecule has 90 valence electrons. The predicted octanol–water partition coefficient (Wildman–Crippen LogP) is 1.71. The van der Waals surface area contributed by atoms with Gasteiger partial charge in [-0.05, 0) is 23.6 Å². The highest BCUT2D eigenvalue weighted by Gasteiger charge is 2.07. The number of carbonyl (C=O) groups excluding carboxylic acids is 1. The Morgan fingerprint density at radius 1 is 1.50 bits per heavy atom. The molecule has 0 atom stereocenters. The molecule has 0 aliphatic heterocycles. The number of anilines is 1. The third kappa shape index (κ3) is 3.17. The van der Waals surface area contributed by atoms with Gasteiger partial charge < -0.3 is 11.1 Å². The first-order valence-corrected chi connectivity index (χ1v) is 6.17. The van der Waals surface area contributed by atoms with Crippen LogP contribution in [-0.2, 0) is 0 Å². The van der Waals surface area contributed by atoms with Gasteiger partial charge in [-0.1, -0.05) is 17.9 Å². The van der Waals surface area contributed by atoms with E-state index in [2.05, 4.69) is 22.1 Å². The zero-order chi connectivity index (χ0) is 12.8. The molecule has 0 unspecified atom stereocenters. The number of hydrogen-bond donors (Lipinski definition) is 2. The lowest BCUT2D eigenvalue weighted by Gasteiger charge is -2.02. The number of rotatable bonds is 2. The van der Waals surface area contributed by atoms with E-state index in [1.807, 2.05) is 11.4 Å². The summed E-state index contributed by atoms with van der Waals surface area (Å²) in [5.74, 6) is 5.96. The number of nitrogens with one attached hydrogen (secondary N) is 1. The standard InChI is InChI=1S/C13H11N3OS/c14-6-1-3-10-5-7-15-12(9-10)16-13(17)11-4-2-8-18-11/h2,4-5,7-9H,6,14H2,(H,15,16,17). The maximum Gasteiger partial charge on any atom is 0.266 e. The zero-order valence-corrected chi connectivity index (χ0v) is 10.3. The van der Waals surface area contributed by atoms with Crippen LogP contribution in [-0.4, -0.2) is 17.4 Å². The summed E-state index contributed by atoms with van der Waals surface area (Å²) in [6.45, 7) is 0.305. The minimum absolute atomic E-state index is 0.165. The first kappa shape index (κ1) is 12.3. The number of thiophene rings is 1. The molecule has 0 fully saturated rings. The largest absolute Gasteiger partial charge is 0.320 e. The summed E-state index contributed by atoms with van der Waals surface area (Å²) >= 11 is 1.38. The van der Waals surface area contributed by atoms with Gasteiger partial charge in [0.25, 0.3) is 5.91 Å². The molecule has 2 heterocycles. The summed E-state index contributed by atoms with van der Waals surface area (Å²) in [5, 5.41) is 4.58. The number of nitrogens with two attached hydrogens (primary N) is 1. The summed E-state index contributed by atoms with van der Waals surface area (Å²) in [6, 6.07) is 7.08. The highest BCUT2D eigenvalue weighted by atomic mass is 32.1. The molecular formula is C13H11N3OS. The summed E-state index contributed by atoms with van der Waals surface area (Å²) in [4.78, 5) is 16.5. The average molecular weight is 257 g/mol. The van der Waals surface area contributed by atoms with Crippen molar-refractivity contribution in [3.8, 4) is 11.8 Å². The second-order valence-electron chi connectivity index (χ2n) is 3.37. The van der Waals surface area contributed by atoms with Crippen LogP contribution in [0.3, 0.4) is 0 Å². The molecule has 5 heteroatoms. The van der Waals surface area contributed by atoms with Crippen molar-refractivity contribution < 1.29 is 4.79 Å². The van der Waals surface area contributed by atoms with Crippen LogP contribution < -0.4 is 11.1 Å². The number of hydrogen-bond acceptors (Lipinski definition) is 4. The van der Waals surface area contributed by atoms with Crippen molar-refractivity contribution in [2.45, 2.75) is 0 Å². The molecule has 0 bridgehead atoms. The topological polar surface area (TPSA) is 68.0 Å². The maximum atomic E-state index is 11.8. The van der Waals surface area contributed by atoms with Gasteiger partial charge >= 0.3 is 0 Å². The van der Waals surface area contributed by atoms with Crippen molar-refractivity contribution in [1.29, 1.82) is 0 Å². The molecule has 0 spiro atoms. The molecule has 0 radical (unpaired) electrons. The van der Waals surface area contributed by atoms with Gasteiger partial charge in [-0.3, -0.25) is 4.79 Å². The Balaban J connectivity index is 2.12. The molecular weight excluding hydrogens is 246 g/mol. The molecule has 1 amide bonds. The van der Waals surface area contributed by atoms with E-state index in [-0.39, 0.29) is 5.91 Å². The number of amides is 1. The van der Waals surface area contributed by atoms with E-state index in [0.717, 1.165) is 5.56 Å². The third-order valence-electron chi connectivity index (χ3n) is 2.08. The normalized spacial score (nSPS) is 9.39. The summed E-state index contributed by atoms with van der Waals surface area (Å²) < 4.78 is 0. The Labute approximate surface area is 109 Å². The Morgan fingerprint density at radius 2 is 2.39 bits per heavy atom. The van der Waals surface area contributed by atoms with Crippen molar-refractivity contribution >= 4 is 23.1 Å². The highest BCUT2D eigenvalue weighted by molar-refractivity contribution is 7.12. The third-order valence-corrected chi connectivity index (χ3v) is 2.95. The maximum absolute atomic E-state index is 11.8. The smallest absolute Gasteiger partial charge is 0.266 e. The summed E-state index contributed by atoms with van der Waals surface area (Å²) in [7, 11) is 0. The van der Waals surface area contributed by atoms with Gasteiger partial charge in [-0.2, -0.15) is 0 Å². The second kappa shape index (κ2) is 5.96. The fourth-order valence-electron chi connectivity index (χ4n) is 1.32. The van der Waals surface area contributed by atoms with Crippen LogP contribution in [0.4, 0.5) is 5.82 Å². The van der Waals surface area contributed by atoms with Gasteiger partial charge in [0.1, 0.15) is 5.82 Å². The van der Waals surface area contributed by atoms with Gasteiger partial charge in [0, 0.05) is 11.8 Å². The molecule has 0 aliphatic carbocycles. The lowest BCUT2D eigenvalue weighted by atomic mass is 10.2. The van der Waals surface area contributed by atoms with Crippen LogP contribution in [0, 0.1) is 11.8 Å². The van der Waals surface area contributed by atoms with E-state index in [9.17, 15) is 4.79 Å². The Bertz CT molecular complexity index is 596. The van der Waals surface area contributed by atoms with E-state index in [0.29, 0.717) is 17.2 Å².